The van der Waals surface area contributed by atoms with Crippen molar-refractivity contribution in [3.8, 4) is 16.9 Å². The van der Waals surface area contributed by atoms with Gasteiger partial charge in [-0.1, -0.05) is 37.6 Å². The van der Waals surface area contributed by atoms with Gasteiger partial charge in [-0.25, -0.2) is 4.79 Å². The van der Waals surface area contributed by atoms with E-state index in [9.17, 15) is 18.0 Å². The smallest absolute Gasteiger partial charge is 0.417 e. The number of carbonyl (C=O) groups excluding carboxylic acids is 1. The number of halogens is 4. The second-order valence-electron chi connectivity index (χ2n) is 10.8. The minimum Gasteiger partial charge on any atom is -0.493 e. The molecule has 2 atom stereocenters. The molecule has 2 aromatic rings. The molecule has 190 valence electrons. The van der Waals surface area contributed by atoms with Crippen LogP contribution in [0.25, 0.3) is 11.1 Å². The van der Waals surface area contributed by atoms with Crippen LogP contribution in [0.5, 0.6) is 5.75 Å². The summed E-state index contributed by atoms with van der Waals surface area (Å²) in [5.41, 5.74) is -0.228. The standard InChI is InChI=1S/C27H31ClF3NO3/c1-15-16(2)23(15)19-10-21(27(29,30)31)24(22(28)11-19)18-6-8-20(9-7-18)34-14-17-12-32(13-17)25(33)35-26(3,4)5/h6-11,15-17,23H,12-14H2,1-5H3. The normalized spacial score (nSPS) is 22.5. The summed E-state index contributed by atoms with van der Waals surface area (Å²) in [6.07, 6.45) is -4.86. The van der Waals surface area contributed by atoms with Crippen LogP contribution in [0.1, 0.15) is 51.7 Å². The third-order valence-electron chi connectivity index (χ3n) is 6.86. The van der Waals surface area contributed by atoms with E-state index in [0.29, 0.717) is 48.4 Å². The van der Waals surface area contributed by atoms with Crippen LogP contribution < -0.4 is 4.74 Å². The zero-order valence-corrected chi connectivity index (χ0v) is 21.3. The molecule has 35 heavy (non-hydrogen) atoms. The molecule has 8 heteroatoms. The van der Waals surface area contributed by atoms with Gasteiger partial charge in [0.25, 0.3) is 0 Å². The fraction of sp³-hybridized carbons (Fsp3) is 0.519. The number of carbonyl (C=O) groups is 1. The van der Waals surface area contributed by atoms with Crippen LogP contribution in [0.4, 0.5) is 18.0 Å². The van der Waals surface area contributed by atoms with Crippen LogP contribution in [0.15, 0.2) is 36.4 Å². The Morgan fingerprint density at radius 1 is 1.06 bits per heavy atom. The van der Waals surface area contributed by atoms with E-state index in [1.807, 2.05) is 34.6 Å². The SMILES string of the molecule is CC1C(C)C1c1cc(Cl)c(-c2ccc(OCC3CN(C(=O)OC(C)(C)C)C3)cc2)c(C(F)(F)F)c1. The summed E-state index contributed by atoms with van der Waals surface area (Å²) in [6.45, 7) is 11.0. The van der Waals surface area contributed by atoms with Gasteiger partial charge in [0.15, 0.2) is 0 Å². The third kappa shape index (κ3) is 5.71. The van der Waals surface area contributed by atoms with Gasteiger partial charge in [0.1, 0.15) is 11.4 Å². The zero-order valence-electron chi connectivity index (χ0n) is 20.6. The third-order valence-corrected chi connectivity index (χ3v) is 7.16. The van der Waals surface area contributed by atoms with E-state index < -0.39 is 17.3 Å². The highest BCUT2D eigenvalue weighted by molar-refractivity contribution is 6.33. The lowest BCUT2D eigenvalue weighted by molar-refractivity contribution is -0.137. The van der Waals surface area contributed by atoms with E-state index in [4.69, 9.17) is 21.1 Å². The molecule has 0 radical (unpaired) electrons. The average molecular weight is 510 g/mol. The summed E-state index contributed by atoms with van der Waals surface area (Å²) >= 11 is 6.42. The molecule has 1 aliphatic carbocycles. The van der Waals surface area contributed by atoms with Crippen molar-refractivity contribution in [1.82, 2.24) is 4.90 Å². The number of nitrogens with zero attached hydrogens (tertiary/aromatic N) is 1. The van der Waals surface area contributed by atoms with Crippen molar-refractivity contribution in [2.75, 3.05) is 19.7 Å². The lowest BCUT2D eigenvalue weighted by Crippen LogP contribution is -2.53. The fourth-order valence-corrected chi connectivity index (χ4v) is 5.03. The number of alkyl halides is 3. The highest BCUT2D eigenvalue weighted by Gasteiger charge is 2.45. The van der Waals surface area contributed by atoms with Crippen LogP contribution in [0.2, 0.25) is 5.02 Å². The summed E-state index contributed by atoms with van der Waals surface area (Å²) in [7, 11) is 0. The van der Waals surface area contributed by atoms with Crippen molar-refractivity contribution in [3.05, 3.63) is 52.5 Å². The minimum atomic E-state index is -4.52. The fourth-order valence-electron chi connectivity index (χ4n) is 4.69. The predicted octanol–water partition coefficient (Wildman–Crippen LogP) is 7.64. The molecule has 1 heterocycles. The molecule has 4 rings (SSSR count). The maximum atomic E-state index is 14.0. The summed E-state index contributed by atoms with van der Waals surface area (Å²) in [4.78, 5) is 13.6. The lowest BCUT2D eigenvalue weighted by Gasteiger charge is -2.39. The van der Waals surface area contributed by atoms with Gasteiger partial charge in [-0.15, -0.1) is 0 Å². The molecule has 0 aromatic heterocycles. The Balaban J connectivity index is 1.42. The van der Waals surface area contributed by atoms with Gasteiger partial charge in [0, 0.05) is 29.6 Å². The highest BCUT2D eigenvalue weighted by atomic mass is 35.5. The summed E-state index contributed by atoms with van der Waals surface area (Å²) in [5.74, 6) is 1.53. The first-order chi connectivity index (χ1) is 16.2. The first-order valence-electron chi connectivity index (χ1n) is 11.9. The highest BCUT2D eigenvalue weighted by Crippen LogP contribution is 2.55. The Kier molecular flexibility index (Phi) is 6.77. The molecule has 0 spiro atoms. The van der Waals surface area contributed by atoms with Gasteiger partial charge in [0.05, 0.1) is 12.2 Å². The van der Waals surface area contributed by atoms with E-state index in [1.165, 1.54) is 6.07 Å². The van der Waals surface area contributed by atoms with Gasteiger partial charge in [-0.2, -0.15) is 13.2 Å². The van der Waals surface area contributed by atoms with Crippen molar-refractivity contribution in [2.24, 2.45) is 17.8 Å². The molecule has 4 nitrogen and oxygen atoms in total. The van der Waals surface area contributed by atoms with Crippen molar-refractivity contribution >= 4 is 17.7 Å². The van der Waals surface area contributed by atoms with Gasteiger partial charge in [0.2, 0.25) is 0 Å². The number of rotatable bonds is 5. The van der Waals surface area contributed by atoms with E-state index in [1.54, 1.807) is 35.2 Å². The number of ether oxygens (including phenoxy) is 2. The first-order valence-corrected chi connectivity index (χ1v) is 12.2. The Labute approximate surface area is 209 Å². The molecule has 2 aliphatic rings. The van der Waals surface area contributed by atoms with Crippen molar-refractivity contribution < 1.29 is 27.4 Å². The average Bonchev–Trinajstić information content (AvgIpc) is 3.30. The number of hydrogen-bond acceptors (Lipinski definition) is 3. The molecule has 2 unspecified atom stereocenters. The van der Waals surface area contributed by atoms with Gasteiger partial charge < -0.3 is 14.4 Å². The van der Waals surface area contributed by atoms with E-state index in [2.05, 4.69) is 0 Å². The number of amides is 1. The largest absolute Gasteiger partial charge is 0.493 e. The molecule has 1 aliphatic heterocycles. The number of hydrogen-bond donors (Lipinski definition) is 0. The summed E-state index contributed by atoms with van der Waals surface area (Å²) in [6, 6.07) is 9.42. The van der Waals surface area contributed by atoms with E-state index in [0.717, 1.165) is 0 Å². The zero-order chi connectivity index (χ0) is 25.7. The van der Waals surface area contributed by atoms with Gasteiger partial charge in [-0.3, -0.25) is 0 Å². The molecule has 2 aromatic carbocycles. The van der Waals surface area contributed by atoms with Crippen LogP contribution in [0, 0.1) is 17.8 Å². The first kappa shape index (κ1) is 25.7. The van der Waals surface area contributed by atoms with Crippen LogP contribution in [-0.4, -0.2) is 36.3 Å². The predicted molar refractivity (Wildman–Crippen MR) is 130 cm³/mol. The summed E-state index contributed by atoms with van der Waals surface area (Å²) in [5, 5.41) is 0.103. The Bertz CT molecular complexity index is 1080. The molecule has 0 bridgehead atoms. The molecular formula is C27H31ClF3NO3. The minimum absolute atomic E-state index is 0.0116. The second-order valence-corrected chi connectivity index (χ2v) is 11.2. The number of benzene rings is 2. The molecule has 1 saturated carbocycles. The van der Waals surface area contributed by atoms with Crippen LogP contribution in [0.3, 0.4) is 0 Å². The van der Waals surface area contributed by atoms with Crippen molar-refractivity contribution in [3.63, 3.8) is 0 Å². The van der Waals surface area contributed by atoms with E-state index >= 15 is 0 Å². The number of likely N-dealkylation sites (tertiary alicyclic amines) is 1. The molecular weight excluding hydrogens is 479 g/mol. The molecule has 1 amide bonds. The van der Waals surface area contributed by atoms with Gasteiger partial charge in [-0.05, 0) is 73.9 Å². The molecule has 1 saturated heterocycles. The van der Waals surface area contributed by atoms with Crippen molar-refractivity contribution in [1.29, 1.82) is 0 Å². The van der Waals surface area contributed by atoms with Gasteiger partial charge >= 0.3 is 12.3 Å². The maximum Gasteiger partial charge on any atom is 0.417 e. The Hall–Kier alpha value is -2.41. The monoisotopic (exact) mass is 509 g/mol. The topological polar surface area (TPSA) is 38.8 Å². The van der Waals surface area contributed by atoms with Crippen LogP contribution >= 0.6 is 11.6 Å². The summed E-state index contributed by atoms with van der Waals surface area (Å²) < 4.78 is 53.0. The lowest BCUT2D eigenvalue weighted by atomic mass is 9.94. The van der Waals surface area contributed by atoms with Crippen molar-refractivity contribution in [2.45, 2.75) is 52.3 Å². The maximum absolute atomic E-state index is 14.0. The Morgan fingerprint density at radius 3 is 2.17 bits per heavy atom. The molecule has 0 N–H and O–H groups in total. The quantitative estimate of drug-likeness (QED) is 0.415. The Morgan fingerprint density at radius 2 is 1.66 bits per heavy atom. The second kappa shape index (κ2) is 9.23. The molecule has 2 fully saturated rings. The van der Waals surface area contributed by atoms with E-state index in [-0.39, 0.29) is 28.5 Å². The van der Waals surface area contributed by atoms with Crippen LogP contribution in [-0.2, 0) is 10.9 Å².